The summed E-state index contributed by atoms with van der Waals surface area (Å²) in [7, 11) is -1.61. The molecule has 1 aromatic heterocycles. The van der Waals surface area contributed by atoms with E-state index < -0.39 is 10.0 Å². The molecule has 1 fully saturated rings. The average Bonchev–Trinajstić information content (AvgIpc) is 3.29. The van der Waals surface area contributed by atoms with Gasteiger partial charge in [0, 0.05) is 72.7 Å². The van der Waals surface area contributed by atoms with Gasteiger partial charge in [0.2, 0.25) is 10.0 Å². The number of fused-ring (bicyclic) bond motifs is 1. The predicted molar refractivity (Wildman–Crippen MR) is 149 cm³/mol. The van der Waals surface area contributed by atoms with Crippen LogP contribution in [0.4, 0.5) is 10.1 Å². The molecule has 1 aliphatic heterocycles. The number of ether oxygens (including phenoxy) is 1. The Labute approximate surface area is 227 Å². The number of hydrogen-bond acceptors (Lipinski definition) is 5. The van der Waals surface area contributed by atoms with Crippen LogP contribution in [0.3, 0.4) is 0 Å². The Morgan fingerprint density at radius 2 is 1.76 bits per heavy atom. The van der Waals surface area contributed by atoms with Crippen LogP contribution in [0.5, 0.6) is 11.5 Å². The molecular formula is C28H30ClFN4O3S. The van der Waals surface area contributed by atoms with Crippen LogP contribution in [0, 0.1) is 5.82 Å². The molecule has 0 spiro atoms. The molecule has 1 saturated heterocycles. The van der Waals surface area contributed by atoms with Crippen LogP contribution >= 0.6 is 11.6 Å². The quantitative estimate of drug-likeness (QED) is 0.269. The molecule has 0 aliphatic carbocycles. The first kappa shape index (κ1) is 26.5. The Hall–Kier alpha value is -3.11. The van der Waals surface area contributed by atoms with E-state index in [0.29, 0.717) is 35.9 Å². The van der Waals surface area contributed by atoms with Crippen molar-refractivity contribution >= 4 is 38.2 Å². The zero-order valence-electron chi connectivity index (χ0n) is 21.1. The molecular weight excluding hydrogens is 527 g/mol. The first-order chi connectivity index (χ1) is 18.3. The van der Waals surface area contributed by atoms with E-state index in [0.717, 1.165) is 48.3 Å². The Bertz CT molecular complexity index is 1520. The summed E-state index contributed by atoms with van der Waals surface area (Å²) in [6.45, 7) is 3.75. The highest BCUT2D eigenvalue weighted by Crippen LogP contribution is 2.29. The van der Waals surface area contributed by atoms with Crippen LogP contribution in [-0.4, -0.2) is 58.1 Å². The van der Waals surface area contributed by atoms with Gasteiger partial charge in [-0.1, -0.05) is 11.6 Å². The number of hydrogen-bond donors (Lipinski definition) is 2. The second kappa shape index (κ2) is 11.3. The van der Waals surface area contributed by atoms with E-state index in [2.05, 4.69) is 26.6 Å². The van der Waals surface area contributed by atoms with Gasteiger partial charge in [0.25, 0.3) is 0 Å². The molecule has 0 saturated carbocycles. The highest BCUT2D eigenvalue weighted by atomic mass is 35.5. The summed E-state index contributed by atoms with van der Waals surface area (Å²) in [6, 6.07) is 16.4. The molecule has 38 heavy (non-hydrogen) atoms. The van der Waals surface area contributed by atoms with Crippen molar-refractivity contribution in [3.05, 3.63) is 83.3 Å². The fraction of sp³-hybridized carbons (Fsp3) is 0.286. The van der Waals surface area contributed by atoms with Crippen molar-refractivity contribution in [1.82, 2.24) is 14.6 Å². The van der Waals surface area contributed by atoms with Gasteiger partial charge < -0.3 is 19.5 Å². The summed E-state index contributed by atoms with van der Waals surface area (Å²) in [6.07, 6.45) is 3.27. The van der Waals surface area contributed by atoms with Gasteiger partial charge in [0.05, 0.1) is 4.90 Å². The topological polar surface area (TPSA) is 77.7 Å². The van der Waals surface area contributed by atoms with Crippen molar-refractivity contribution in [1.29, 1.82) is 0 Å². The molecule has 0 bridgehead atoms. The maximum atomic E-state index is 14.3. The van der Waals surface area contributed by atoms with E-state index in [-0.39, 0.29) is 10.7 Å². The van der Waals surface area contributed by atoms with Crippen molar-refractivity contribution in [2.24, 2.45) is 0 Å². The van der Waals surface area contributed by atoms with E-state index in [4.69, 9.17) is 16.3 Å². The maximum Gasteiger partial charge on any atom is 0.240 e. The molecule has 7 nitrogen and oxygen atoms in total. The van der Waals surface area contributed by atoms with E-state index in [1.54, 1.807) is 12.1 Å². The third kappa shape index (κ3) is 6.30. The molecule has 5 rings (SSSR count). The van der Waals surface area contributed by atoms with Gasteiger partial charge in [0.1, 0.15) is 17.3 Å². The molecule has 3 aromatic carbocycles. The molecule has 0 atom stereocenters. The zero-order valence-corrected chi connectivity index (χ0v) is 22.7. The van der Waals surface area contributed by atoms with Crippen molar-refractivity contribution in [3.63, 3.8) is 0 Å². The lowest BCUT2D eigenvalue weighted by molar-refractivity contribution is 0.312. The number of rotatable bonds is 9. The second-order valence-corrected chi connectivity index (χ2v) is 11.7. The van der Waals surface area contributed by atoms with Gasteiger partial charge in [-0.3, -0.25) is 0 Å². The normalized spacial score (nSPS) is 14.8. The number of aromatic amines is 1. The minimum atomic E-state index is -3.68. The summed E-state index contributed by atoms with van der Waals surface area (Å²) in [5.74, 6) is 0.415. The van der Waals surface area contributed by atoms with Gasteiger partial charge in [-0.25, -0.2) is 17.5 Å². The van der Waals surface area contributed by atoms with Crippen LogP contribution in [0.2, 0.25) is 5.02 Å². The summed E-state index contributed by atoms with van der Waals surface area (Å²) >= 11 is 6.11. The lowest BCUT2D eigenvalue weighted by atomic mass is 10.1. The lowest BCUT2D eigenvalue weighted by Crippen LogP contribution is -2.44. The minimum absolute atomic E-state index is 0.140. The number of benzene rings is 3. The van der Waals surface area contributed by atoms with Gasteiger partial charge in [-0.2, -0.15) is 0 Å². The predicted octanol–water partition coefficient (Wildman–Crippen LogP) is 5.42. The number of likely N-dealkylation sites (N-methyl/N-ethyl adjacent to an activating group) is 1. The Morgan fingerprint density at radius 1 is 1.00 bits per heavy atom. The van der Waals surface area contributed by atoms with Crippen LogP contribution < -0.4 is 14.4 Å². The van der Waals surface area contributed by atoms with Crippen molar-refractivity contribution in [3.8, 4) is 11.5 Å². The third-order valence-corrected chi connectivity index (χ3v) is 8.45. The fourth-order valence-corrected chi connectivity index (χ4v) is 5.85. The SMILES string of the molecule is CN1CCN(c2cc(F)cc(Oc3ccc(S(=O)(=O)NCCCc4c[nH]c5ccc(Cl)cc45)cc3)c2)CC1. The number of piperazine rings is 1. The Morgan fingerprint density at radius 3 is 2.53 bits per heavy atom. The van der Waals surface area contributed by atoms with Crippen LogP contribution in [0.25, 0.3) is 10.9 Å². The second-order valence-electron chi connectivity index (χ2n) is 9.51. The smallest absolute Gasteiger partial charge is 0.240 e. The molecule has 2 N–H and O–H groups in total. The number of H-pyrrole nitrogens is 1. The molecule has 0 unspecified atom stereocenters. The fourth-order valence-electron chi connectivity index (χ4n) is 4.60. The van der Waals surface area contributed by atoms with Crippen LogP contribution in [-0.2, 0) is 16.4 Å². The first-order valence-electron chi connectivity index (χ1n) is 12.5. The monoisotopic (exact) mass is 556 g/mol. The number of anilines is 1. The number of halogens is 2. The van der Waals surface area contributed by atoms with Crippen LogP contribution in [0.1, 0.15) is 12.0 Å². The highest BCUT2D eigenvalue weighted by Gasteiger charge is 2.17. The molecule has 10 heteroatoms. The summed E-state index contributed by atoms with van der Waals surface area (Å²) in [4.78, 5) is 7.71. The highest BCUT2D eigenvalue weighted by molar-refractivity contribution is 7.89. The number of aromatic nitrogens is 1. The largest absolute Gasteiger partial charge is 0.457 e. The molecule has 4 aromatic rings. The maximum absolute atomic E-state index is 14.3. The van der Waals surface area contributed by atoms with Gasteiger partial charge in [-0.15, -0.1) is 0 Å². The van der Waals surface area contributed by atoms with Crippen molar-refractivity contribution in [2.75, 3.05) is 44.7 Å². The molecule has 0 radical (unpaired) electrons. The average molecular weight is 557 g/mol. The Balaban J connectivity index is 1.17. The van der Waals surface area contributed by atoms with Crippen molar-refractivity contribution in [2.45, 2.75) is 17.7 Å². The summed E-state index contributed by atoms with van der Waals surface area (Å²) in [5, 5.41) is 1.71. The number of sulfonamides is 1. The summed E-state index contributed by atoms with van der Waals surface area (Å²) < 4.78 is 48.4. The number of nitrogens with zero attached hydrogens (tertiary/aromatic N) is 2. The van der Waals surface area contributed by atoms with Gasteiger partial charge in [-0.05, 0) is 74.0 Å². The van der Waals surface area contributed by atoms with E-state index in [1.807, 2.05) is 30.5 Å². The summed E-state index contributed by atoms with van der Waals surface area (Å²) in [5.41, 5.74) is 2.87. The van der Waals surface area contributed by atoms with Crippen molar-refractivity contribution < 1.29 is 17.5 Å². The van der Waals surface area contributed by atoms with Crippen LogP contribution in [0.15, 0.2) is 71.8 Å². The first-order valence-corrected chi connectivity index (χ1v) is 14.4. The standard InChI is InChI=1S/C28H30ClFN4O3S/c1-33-11-13-34(14-12-33)23-16-22(30)17-25(18-23)37-24-5-7-26(8-6-24)38(35,36)32-10-2-3-20-19-31-28-9-4-21(29)15-27(20)28/h4-9,15-19,31-32H,2-3,10-14H2,1H3. The van der Waals surface area contributed by atoms with Gasteiger partial charge in [0.15, 0.2) is 0 Å². The zero-order chi connectivity index (χ0) is 26.7. The van der Waals surface area contributed by atoms with E-state index in [9.17, 15) is 12.8 Å². The minimum Gasteiger partial charge on any atom is -0.457 e. The van der Waals surface area contributed by atoms with E-state index >= 15 is 0 Å². The molecule has 200 valence electrons. The van der Waals surface area contributed by atoms with E-state index in [1.165, 1.54) is 24.3 Å². The molecule has 1 aliphatic rings. The number of nitrogens with one attached hydrogen (secondary N) is 2. The Kier molecular flexibility index (Phi) is 7.90. The van der Waals surface area contributed by atoms with Gasteiger partial charge >= 0.3 is 0 Å². The third-order valence-electron chi connectivity index (χ3n) is 6.74. The number of aryl methyl sites for hydroxylation is 1. The molecule has 0 amide bonds. The molecule has 2 heterocycles. The lowest BCUT2D eigenvalue weighted by Gasteiger charge is -2.34.